The topological polar surface area (TPSA) is 74.7 Å². The molecule has 0 fully saturated rings. The van der Waals surface area contributed by atoms with Gasteiger partial charge in [-0.15, -0.1) is 0 Å². The van der Waals surface area contributed by atoms with Crippen molar-refractivity contribution in [1.82, 2.24) is 0 Å². The first kappa shape index (κ1) is 19.4. The smallest absolute Gasteiger partial charge is 0.501 e. The van der Waals surface area contributed by atoms with E-state index in [0.717, 1.165) is 6.07 Å². The highest BCUT2D eigenvalue weighted by Crippen LogP contribution is 2.36. The molecule has 0 bridgehead atoms. The van der Waals surface area contributed by atoms with Crippen molar-refractivity contribution in [2.45, 2.75) is 10.4 Å². The van der Waals surface area contributed by atoms with Crippen LogP contribution in [0.3, 0.4) is 0 Å². The fraction of sp³-hybridized carbons (Fsp3) is 0.0714. The van der Waals surface area contributed by atoms with Crippen LogP contribution in [-0.4, -0.2) is 24.9 Å². The highest BCUT2D eigenvalue weighted by Gasteiger charge is 2.47. The van der Waals surface area contributed by atoms with Gasteiger partial charge in [0.25, 0.3) is 15.7 Å². The highest BCUT2D eigenvalue weighted by atomic mass is 35.5. The fourth-order valence-corrected chi connectivity index (χ4v) is 3.22. The number of anilines is 1. The molecule has 0 radical (unpaired) electrons. The molecule has 25 heavy (non-hydrogen) atoms. The Bertz CT molecular complexity index is 932. The van der Waals surface area contributed by atoms with Gasteiger partial charge in [0.2, 0.25) is 0 Å². The third-order valence-electron chi connectivity index (χ3n) is 3.06. The van der Waals surface area contributed by atoms with Crippen LogP contribution < -0.4 is 4.42 Å². The third-order valence-corrected chi connectivity index (χ3v) is 5.18. The summed E-state index contributed by atoms with van der Waals surface area (Å²) in [7, 11) is -5.59. The Balaban J connectivity index is 2.42. The molecule has 0 aliphatic rings. The number of benzene rings is 2. The predicted molar refractivity (Wildman–Crippen MR) is 85.5 cm³/mol. The maximum atomic E-state index is 12.6. The second-order valence-electron chi connectivity index (χ2n) is 4.67. The van der Waals surface area contributed by atoms with E-state index in [1.807, 2.05) is 0 Å². The molecule has 2 aromatic carbocycles. The largest absolute Gasteiger partial charge is 0.507 e. The number of phenolic OH excluding ortho intramolecular Hbond substituents is 1. The molecule has 2 rings (SSSR count). The van der Waals surface area contributed by atoms with Crippen LogP contribution in [0.2, 0.25) is 5.02 Å². The fourth-order valence-electron chi connectivity index (χ4n) is 1.82. The minimum atomic E-state index is -5.59. The van der Waals surface area contributed by atoms with Gasteiger partial charge >= 0.3 is 5.51 Å². The van der Waals surface area contributed by atoms with Crippen LogP contribution >= 0.6 is 23.4 Å². The van der Waals surface area contributed by atoms with Crippen LogP contribution in [0.15, 0.2) is 47.4 Å². The van der Waals surface area contributed by atoms with Crippen molar-refractivity contribution < 1.29 is 31.5 Å². The lowest BCUT2D eigenvalue weighted by Gasteiger charge is -2.17. The molecule has 1 N–H and O–H groups in total. The van der Waals surface area contributed by atoms with Gasteiger partial charge in [0.15, 0.2) is 0 Å². The summed E-state index contributed by atoms with van der Waals surface area (Å²) < 4.78 is 60.8. The van der Waals surface area contributed by atoms with Crippen LogP contribution in [0.5, 0.6) is 5.75 Å². The first-order valence-electron chi connectivity index (χ1n) is 6.36. The van der Waals surface area contributed by atoms with Gasteiger partial charge in [0.1, 0.15) is 5.75 Å². The zero-order chi connectivity index (χ0) is 19.0. The quantitative estimate of drug-likeness (QED) is 0.767. The van der Waals surface area contributed by atoms with E-state index in [2.05, 4.69) is 0 Å². The molecular weight excluding hydrogens is 406 g/mol. The summed E-state index contributed by atoms with van der Waals surface area (Å²) in [6.45, 7) is 0. The van der Waals surface area contributed by atoms with E-state index in [4.69, 9.17) is 23.4 Å². The van der Waals surface area contributed by atoms with Crippen molar-refractivity contribution in [2.75, 3.05) is 4.42 Å². The maximum Gasteiger partial charge on any atom is 0.501 e. The number of hydrogen-bond acceptors (Lipinski definition) is 4. The van der Waals surface area contributed by atoms with Crippen molar-refractivity contribution >= 4 is 44.8 Å². The summed E-state index contributed by atoms with van der Waals surface area (Å²) in [6, 6.07) is 7.44. The Morgan fingerprint density at radius 3 is 2.24 bits per heavy atom. The number of phenols is 1. The number of carbonyl (C=O) groups excluding carboxylic acids is 1. The summed E-state index contributed by atoms with van der Waals surface area (Å²) in [6.07, 6.45) is 0. The number of rotatable bonds is 3. The maximum absolute atomic E-state index is 12.6. The molecule has 0 aromatic heterocycles. The first-order valence-corrected chi connectivity index (χ1v) is 8.56. The number of amides is 1. The molecule has 2 aromatic rings. The summed E-state index contributed by atoms with van der Waals surface area (Å²) in [5.74, 6) is -1.28. The van der Waals surface area contributed by atoms with E-state index in [-0.39, 0.29) is 17.0 Å². The average molecular weight is 414 g/mol. The average Bonchev–Trinajstić information content (AvgIpc) is 2.53. The molecule has 0 heterocycles. The summed E-state index contributed by atoms with van der Waals surface area (Å²) >= 11 is 11.6. The summed E-state index contributed by atoms with van der Waals surface area (Å²) in [4.78, 5) is 11.1. The highest BCUT2D eigenvalue weighted by molar-refractivity contribution is 7.92. The molecule has 11 heteroatoms. The number of alkyl halides is 3. The zero-order valence-electron chi connectivity index (χ0n) is 12.0. The molecule has 0 spiro atoms. The molecule has 0 saturated heterocycles. The molecule has 0 atom stereocenters. The van der Waals surface area contributed by atoms with Crippen LogP contribution in [-0.2, 0) is 9.84 Å². The molecule has 1 amide bonds. The van der Waals surface area contributed by atoms with Gasteiger partial charge in [-0.05, 0) is 30.3 Å². The van der Waals surface area contributed by atoms with E-state index in [1.165, 1.54) is 24.3 Å². The van der Waals surface area contributed by atoms with E-state index >= 15 is 0 Å². The van der Waals surface area contributed by atoms with Gasteiger partial charge in [-0.2, -0.15) is 13.2 Å². The standard InChI is InChI=1S/C14H8Cl2F3NO4S/c15-10-7-8(25(23,24)14(17,18)19)5-6-11(10)20(16)13(22)9-3-1-2-4-12(9)21/h1-7,21H. The van der Waals surface area contributed by atoms with Crippen molar-refractivity contribution in [1.29, 1.82) is 0 Å². The lowest BCUT2D eigenvalue weighted by molar-refractivity contribution is -0.0436. The van der Waals surface area contributed by atoms with E-state index in [1.54, 1.807) is 0 Å². The number of carbonyl (C=O) groups is 1. The SMILES string of the molecule is O=C(c1ccccc1O)N(Cl)c1ccc(S(=O)(=O)C(F)(F)F)cc1Cl. The third kappa shape index (κ3) is 3.68. The number of halogens is 5. The molecule has 0 unspecified atom stereocenters. The van der Waals surface area contributed by atoms with Crippen LogP contribution in [0.1, 0.15) is 10.4 Å². The van der Waals surface area contributed by atoms with Gasteiger partial charge < -0.3 is 5.11 Å². The van der Waals surface area contributed by atoms with Crippen molar-refractivity contribution in [3.8, 4) is 5.75 Å². The number of hydrogen-bond donors (Lipinski definition) is 1. The van der Waals surface area contributed by atoms with Gasteiger partial charge in [-0.3, -0.25) is 4.79 Å². The van der Waals surface area contributed by atoms with Crippen molar-refractivity contribution in [3.05, 3.63) is 53.1 Å². The first-order chi connectivity index (χ1) is 11.5. The minimum absolute atomic E-state index is 0.180. The number of sulfone groups is 1. The second kappa shape index (κ2) is 6.74. The van der Waals surface area contributed by atoms with Gasteiger partial charge in [-0.25, -0.2) is 12.8 Å². The lowest BCUT2D eigenvalue weighted by Crippen LogP contribution is -2.24. The summed E-state index contributed by atoms with van der Waals surface area (Å²) in [5.41, 5.74) is -5.93. The van der Waals surface area contributed by atoms with Crippen LogP contribution in [0.4, 0.5) is 18.9 Å². The van der Waals surface area contributed by atoms with E-state index in [9.17, 15) is 31.5 Å². The van der Waals surface area contributed by atoms with Crippen molar-refractivity contribution in [3.63, 3.8) is 0 Å². The monoisotopic (exact) mass is 413 g/mol. The Morgan fingerprint density at radius 2 is 1.72 bits per heavy atom. The van der Waals surface area contributed by atoms with Crippen LogP contribution in [0.25, 0.3) is 0 Å². The van der Waals surface area contributed by atoms with Gasteiger partial charge in [-0.1, -0.05) is 23.7 Å². The van der Waals surface area contributed by atoms with Crippen LogP contribution in [0, 0.1) is 0 Å². The second-order valence-corrected chi connectivity index (χ2v) is 7.35. The Labute approximate surface area is 150 Å². The Hall–Kier alpha value is -1.97. The molecule has 134 valence electrons. The minimum Gasteiger partial charge on any atom is -0.507 e. The Morgan fingerprint density at radius 1 is 1.12 bits per heavy atom. The van der Waals surface area contributed by atoms with Gasteiger partial charge in [0, 0.05) is 11.8 Å². The Kier molecular flexibility index (Phi) is 5.22. The molecule has 0 aliphatic heterocycles. The molecular formula is C14H8Cl2F3NO4S. The normalized spacial score (nSPS) is 12.0. The van der Waals surface area contributed by atoms with Crippen molar-refractivity contribution in [2.24, 2.45) is 0 Å². The molecule has 0 saturated carbocycles. The molecule has 5 nitrogen and oxygen atoms in total. The summed E-state index contributed by atoms with van der Waals surface area (Å²) in [5, 5.41) is 9.15. The lowest BCUT2D eigenvalue weighted by atomic mass is 10.2. The number of aromatic hydroxyl groups is 1. The molecule has 0 aliphatic carbocycles. The van der Waals surface area contributed by atoms with E-state index < -0.39 is 31.2 Å². The van der Waals surface area contributed by atoms with Gasteiger partial charge in [0.05, 0.1) is 21.2 Å². The zero-order valence-corrected chi connectivity index (χ0v) is 14.3. The number of nitrogens with zero attached hydrogens (tertiary/aromatic N) is 1. The van der Waals surface area contributed by atoms with E-state index in [0.29, 0.717) is 16.6 Å². The number of para-hydroxylation sites is 1. The predicted octanol–water partition coefficient (Wildman–Crippen LogP) is 4.14.